The van der Waals surface area contributed by atoms with Crippen LogP contribution in [0.25, 0.3) is 5.57 Å². The molecule has 1 aliphatic rings. The van der Waals surface area contributed by atoms with Crippen LogP contribution in [0.4, 0.5) is 0 Å². The molecule has 0 unspecified atom stereocenters. The van der Waals surface area contributed by atoms with Crippen molar-refractivity contribution in [2.24, 2.45) is 5.92 Å². The highest BCUT2D eigenvalue weighted by Gasteiger charge is 2.19. The maximum Gasteiger partial charge on any atom is 0.328 e. The van der Waals surface area contributed by atoms with E-state index in [1.807, 2.05) is 30.3 Å². The molecule has 1 aromatic rings. The van der Waals surface area contributed by atoms with E-state index in [1.54, 1.807) is 0 Å². The molecule has 2 nitrogen and oxygen atoms in total. The molecule has 0 atom stereocenters. The molecule has 0 radical (unpaired) electrons. The van der Waals surface area contributed by atoms with E-state index >= 15 is 0 Å². The largest absolute Gasteiger partial charge is 0.478 e. The van der Waals surface area contributed by atoms with Crippen molar-refractivity contribution in [2.75, 3.05) is 0 Å². The van der Waals surface area contributed by atoms with Crippen molar-refractivity contribution < 1.29 is 9.90 Å². The van der Waals surface area contributed by atoms with Gasteiger partial charge in [-0.05, 0) is 29.9 Å². The Morgan fingerprint density at radius 2 is 1.76 bits per heavy atom. The summed E-state index contributed by atoms with van der Waals surface area (Å²) >= 11 is 0. The summed E-state index contributed by atoms with van der Waals surface area (Å²) in [5.74, 6) is -0.420. The molecule has 90 valence electrons. The minimum absolute atomic E-state index is 0.419. The predicted molar refractivity (Wildman–Crippen MR) is 68.6 cm³/mol. The average molecular weight is 230 g/mol. The molecule has 0 aromatic heterocycles. The average Bonchev–Trinajstić information content (AvgIpc) is 2.38. The summed E-state index contributed by atoms with van der Waals surface area (Å²) in [4.78, 5) is 10.9. The number of hydrogen-bond donors (Lipinski definition) is 1. The van der Waals surface area contributed by atoms with Crippen LogP contribution in [0.5, 0.6) is 0 Å². The number of benzene rings is 1. The zero-order chi connectivity index (χ0) is 12.1. The maximum atomic E-state index is 10.9. The fourth-order valence-corrected chi connectivity index (χ4v) is 2.61. The van der Waals surface area contributed by atoms with E-state index in [0.717, 1.165) is 24.0 Å². The van der Waals surface area contributed by atoms with E-state index in [-0.39, 0.29) is 0 Å². The van der Waals surface area contributed by atoms with Gasteiger partial charge in [0.2, 0.25) is 0 Å². The molecule has 1 saturated carbocycles. The zero-order valence-corrected chi connectivity index (χ0v) is 9.93. The second kappa shape index (κ2) is 5.67. The van der Waals surface area contributed by atoms with Crippen LogP contribution < -0.4 is 0 Å². The quantitative estimate of drug-likeness (QED) is 0.803. The predicted octanol–water partition coefficient (Wildman–Crippen LogP) is 3.73. The second-order valence-electron chi connectivity index (χ2n) is 4.64. The van der Waals surface area contributed by atoms with Crippen LogP contribution in [0.2, 0.25) is 0 Å². The molecule has 1 aliphatic carbocycles. The summed E-state index contributed by atoms with van der Waals surface area (Å²) < 4.78 is 0. The number of rotatable bonds is 3. The third-order valence-electron chi connectivity index (χ3n) is 3.43. The molecule has 17 heavy (non-hydrogen) atoms. The summed E-state index contributed by atoms with van der Waals surface area (Å²) in [6.45, 7) is 0. The molecule has 1 N–H and O–H groups in total. The Morgan fingerprint density at radius 1 is 1.12 bits per heavy atom. The third kappa shape index (κ3) is 3.19. The van der Waals surface area contributed by atoms with Crippen molar-refractivity contribution in [3.8, 4) is 0 Å². The van der Waals surface area contributed by atoms with Crippen LogP contribution in [0.15, 0.2) is 36.4 Å². The molecule has 0 spiro atoms. The molecule has 1 aromatic carbocycles. The van der Waals surface area contributed by atoms with Crippen LogP contribution in [0.3, 0.4) is 0 Å². The van der Waals surface area contributed by atoms with Crippen molar-refractivity contribution >= 4 is 11.5 Å². The summed E-state index contributed by atoms with van der Waals surface area (Å²) in [5.41, 5.74) is 2.06. The smallest absolute Gasteiger partial charge is 0.328 e. The third-order valence-corrected chi connectivity index (χ3v) is 3.43. The van der Waals surface area contributed by atoms with Crippen molar-refractivity contribution in [3.05, 3.63) is 42.0 Å². The van der Waals surface area contributed by atoms with E-state index in [9.17, 15) is 4.79 Å². The van der Waals surface area contributed by atoms with Gasteiger partial charge in [-0.15, -0.1) is 0 Å². The lowest BCUT2D eigenvalue weighted by molar-refractivity contribution is -0.131. The summed E-state index contributed by atoms with van der Waals surface area (Å²) in [5, 5.41) is 9.00. The highest BCUT2D eigenvalue weighted by molar-refractivity contribution is 5.90. The minimum Gasteiger partial charge on any atom is -0.478 e. The first-order chi connectivity index (χ1) is 8.27. The molecular weight excluding hydrogens is 212 g/mol. The topological polar surface area (TPSA) is 37.3 Å². The van der Waals surface area contributed by atoms with Gasteiger partial charge >= 0.3 is 5.97 Å². The molecule has 0 bridgehead atoms. The van der Waals surface area contributed by atoms with Crippen LogP contribution in [0.1, 0.15) is 37.7 Å². The van der Waals surface area contributed by atoms with E-state index in [0.29, 0.717) is 5.92 Å². The number of carbonyl (C=O) groups is 1. The number of carboxylic acid groups (broad SMARTS) is 1. The Bertz CT molecular complexity index is 400. The Labute approximate surface area is 102 Å². The standard InChI is InChI=1S/C15H18O2/c16-15(17)11-14(12-7-3-1-4-8-12)13-9-5-2-6-10-13/h1,3-4,7-8,11,13H,2,5-6,9-10H2,(H,16,17)/b14-11+. The summed E-state index contributed by atoms with van der Waals surface area (Å²) in [6, 6.07) is 9.90. The number of carboxylic acids is 1. The lowest BCUT2D eigenvalue weighted by Gasteiger charge is -2.24. The second-order valence-corrected chi connectivity index (χ2v) is 4.64. The van der Waals surface area contributed by atoms with E-state index in [1.165, 1.54) is 25.3 Å². The van der Waals surface area contributed by atoms with Crippen LogP contribution in [-0.2, 0) is 4.79 Å². The molecule has 0 amide bonds. The highest BCUT2D eigenvalue weighted by Crippen LogP contribution is 2.35. The number of aliphatic carboxylic acids is 1. The first kappa shape index (κ1) is 11.9. The molecule has 0 heterocycles. The van der Waals surface area contributed by atoms with Gasteiger partial charge in [-0.25, -0.2) is 4.79 Å². The van der Waals surface area contributed by atoms with Gasteiger partial charge in [0.25, 0.3) is 0 Å². The Kier molecular flexibility index (Phi) is 3.97. The van der Waals surface area contributed by atoms with Crippen molar-refractivity contribution in [1.82, 2.24) is 0 Å². The lowest BCUT2D eigenvalue weighted by atomic mass is 9.81. The summed E-state index contributed by atoms with van der Waals surface area (Å²) in [7, 11) is 0. The van der Waals surface area contributed by atoms with Crippen LogP contribution in [-0.4, -0.2) is 11.1 Å². The van der Waals surface area contributed by atoms with Crippen molar-refractivity contribution in [3.63, 3.8) is 0 Å². The Balaban J connectivity index is 2.28. The number of hydrogen-bond acceptors (Lipinski definition) is 1. The lowest BCUT2D eigenvalue weighted by Crippen LogP contribution is -2.10. The van der Waals surface area contributed by atoms with E-state index < -0.39 is 5.97 Å². The fourth-order valence-electron chi connectivity index (χ4n) is 2.61. The van der Waals surface area contributed by atoms with Gasteiger partial charge in [0.1, 0.15) is 0 Å². The molecule has 0 aliphatic heterocycles. The van der Waals surface area contributed by atoms with Gasteiger partial charge in [-0.3, -0.25) is 0 Å². The van der Waals surface area contributed by atoms with Crippen LogP contribution in [0, 0.1) is 5.92 Å². The van der Waals surface area contributed by atoms with Gasteiger partial charge in [-0.2, -0.15) is 0 Å². The van der Waals surface area contributed by atoms with Crippen molar-refractivity contribution in [2.45, 2.75) is 32.1 Å². The highest BCUT2D eigenvalue weighted by atomic mass is 16.4. The SMILES string of the molecule is O=C(O)/C=C(\c1ccccc1)C1CCCCC1. The fraction of sp³-hybridized carbons (Fsp3) is 0.400. The molecule has 2 heteroatoms. The molecule has 1 fully saturated rings. The van der Waals surface area contributed by atoms with Gasteiger partial charge in [0, 0.05) is 6.08 Å². The van der Waals surface area contributed by atoms with Crippen LogP contribution >= 0.6 is 0 Å². The number of allylic oxidation sites excluding steroid dienone is 1. The first-order valence-electron chi connectivity index (χ1n) is 6.27. The normalized spacial score (nSPS) is 18.0. The monoisotopic (exact) mass is 230 g/mol. The molecule has 0 saturated heterocycles. The van der Waals surface area contributed by atoms with E-state index in [2.05, 4.69) is 0 Å². The Hall–Kier alpha value is -1.57. The van der Waals surface area contributed by atoms with Gasteiger partial charge in [0.15, 0.2) is 0 Å². The van der Waals surface area contributed by atoms with Crippen molar-refractivity contribution in [1.29, 1.82) is 0 Å². The van der Waals surface area contributed by atoms with Gasteiger partial charge in [-0.1, -0.05) is 49.6 Å². The Morgan fingerprint density at radius 3 is 2.35 bits per heavy atom. The zero-order valence-electron chi connectivity index (χ0n) is 9.93. The van der Waals surface area contributed by atoms with Gasteiger partial charge < -0.3 is 5.11 Å². The van der Waals surface area contributed by atoms with E-state index in [4.69, 9.17) is 5.11 Å². The molecule has 2 rings (SSSR count). The first-order valence-corrected chi connectivity index (χ1v) is 6.27. The maximum absolute atomic E-state index is 10.9. The summed E-state index contributed by atoms with van der Waals surface area (Å²) in [6.07, 6.45) is 7.35. The molecular formula is C15H18O2. The van der Waals surface area contributed by atoms with Gasteiger partial charge in [0.05, 0.1) is 0 Å². The minimum atomic E-state index is -0.838.